The van der Waals surface area contributed by atoms with E-state index in [1.54, 1.807) is 35.6 Å². The van der Waals surface area contributed by atoms with Gasteiger partial charge in [-0.2, -0.15) is 0 Å². The van der Waals surface area contributed by atoms with Gasteiger partial charge in [-0.3, -0.25) is 9.59 Å². The second-order valence-electron chi connectivity index (χ2n) is 5.41. The highest BCUT2D eigenvalue weighted by atomic mass is 32.1. The molecule has 0 aliphatic heterocycles. The van der Waals surface area contributed by atoms with E-state index >= 15 is 0 Å². The van der Waals surface area contributed by atoms with Crippen molar-refractivity contribution in [2.24, 2.45) is 5.73 Å². The van der Waals surface area contributed by atoms with E-state index in [9.17, 15) is 14.0 Å². The molecule has 0 unspecified atom stereocenters. The van der Waals surface area contributed by atoms with Crippen LogP contribution in [0.4, 0.5) is 10.1 Å². The number of anilines is 1. The molecule has 0 aliphatic rings. The Labute approximate surface area is 153 Å². The zero-order valence-corrected chi connectivity index (χ0v) is 14.4. The number of amides is 2. The van der Waals surface area contributed by atoms with E-state index in [2.05, 4.69) is 5.32 Å². The molecule has 0 spiro atoms. The average molecular weight is 370 g/mol. The summed E-state index contributed by atoms with van der Waals surface area (Å²) in [5.74, 6) is -1.49. The van der Waals surface area contributed by atoms with Crippen LogP contribution in [0.2, 0.25) is 0 Å². The van der Waals surface area contributed by atoms with Gasteiger partial charge in [-0.1, -0.05) is 12.1 Å². The third-order valence-electron chi connectivity index (χ3n) is 3.55. The highest BCUT2D eigenvalue weighted by Gasteiger charge is 2.12. The second kappa shape index (κ2) is 7.79. The van der Waals surface area contributed by atoms with Gasteiger partial charge in [0.05, 0.1) is 5.56 Å². The molecule has 0 saturated carbocycles. The maximum absolute atomic E-state index is 13.5. The number of nitrogens with one attached hydrogen (secondary N) is 1. The van der Waals surface area contributed by atoms with Gasteiger partial charge in [0.15, 0.2) is 0 Å². The van der Waals surface area contributed by atoms with Gasteiger partial charge in [-0.15, -0.1) is 11.3 Å². The maximum atomic E-state index is 13.5. The van der Waals surface area contributed by atoms with Crippen LogP contribution in [0.15, 0.2) is 60.0 Å². The highest BCUT2D eigenvalue weighted by Crippen LogP contribution is 2.19. The van der Waals surface area contributed by atoms with E-state index in [0.29, 0.717) is 17.9 Å². The molecule has 0 bridgehead atoms. The molecule has 1 aromatic heterocycles. The van der Waals surface area contributed by atoms with Gasteiger partial charge in [0.25, 0.3) is 11.8 Å². The van der Waals surface area contributed by atoms with Crippen LogP contribution in [0, 0.1) is 5.82 Å². The van der Waals surface area contributed by atoms with Crippen LogP contribution in [-0.2, 0) is 6.61 Å². The number of carbonyl (C=O) groups excluding carboxylic acids is 2. The number of rotatable bonds is 6. The first-order valence-electron chi connectivity index (χ1n) is 7.69. The van der Waals surface area contributed by atoms with E-state index in [1.807, 2.05) is 17.5 Å². The van der Waals surface area contributed by atoms with E-state index in [4.69, 9.17) is 10.5 Å². The lowest BCUT2D eigenvalue weighted by Gasteiger charge is -2.09. The summed E-state index contributed by atoms with van der Waals surface area (Å²) in [6, 6.07) is 14.3. The summed E-state index contributed by atoms with van der Waals surface area (Å²) < 4.78 is 19.2. The zero-order valence-electron chi connectivity index (χ0n) is 13.6. The molecule has 1 heterocycles. The molecule has 0 radical (unpaired) electrons. The molecule has 26 heavy (non-hydrogen) atoms. The Morgan fingerprint density at radius 2 is 1.96 bits per heavy atom. The molecule has 132 valence electrons. The van der Waals surface area contributed by atoms with Gasteiger partial charge in [-0.05, 0) is 47.8 Å². The molecule has 3 rings (SSSR count). The van der Waals surface area contributed by atoms with Crippen LogP contribution >= 0.6 is 11.3 Å². The standard InChI is InChI=1S/C19H15FN2O3S/c20-17-7-6-13(10-16(17)18(21)23)22-19(24)12-3-1-4-14(9-12)25-11-15-5-2-8-26-15/h1-10H,11H2,(H2,21,23)(H,22,24). The number of carbonyl (C=O) groups is 2. The molecular weight excluding hydrogens is 355 g/mol. The van der Waals surface area contributed by atoms with Crippen LogP contribution in [0.3, 0.4) is 0 Å². The molecule has 3 aromatic rings. The fourth-order valence-electron chi connectivity index (χ4n) is 2.27. The van der Waals surface area contributed by atoms with Gasteiger partial charge in [0.1, 0.15) is 18.2 Å². The maximum Gasteiger partial charge on any atom is 0.255 e. The second-order valence-corrected chi connectivity index (χ2v) is 6.44. The molecular formula is C19H15FN2O3S. The number of hydrogen-bond acceptors (Lipinski definition) is 4. The van der Waals surface area contributed by atoms with Crippen molar-refractivity contribution in [1.82, 2.24) is 0 Å². The lowest BCUT2D eigenvalue weighted by molar-refractivity contribution is 0.0992. The van der Waals surface area contributed by atoms with Crippen LogP contribution in [0.1, 0.15) is 25.6 Å². The predicted octanol–water partition coefficient (Wildman–Crippen LogP) is 3.82. The van der Waals surface area contributed by atoms with Crippen molar-refractivity contribution >= 4 is 28.8 Å². The Balaban J connectivity index is 1.71. The summed E-state index contributed by atoms with van der Waals surface area (Å²) in [4.78, 5) is 24.7. The largest absolute Gasteiger partial charge is 0.488 e. The molecule has 0 fully saturated rings. The quantitative estimate of drug-likeness (QED) is 0.692. The van der Waals surface area contributed by atoms with Crippen molar-refractivity contribution in [3.63, 3.8) is 0 Å². The van der Waals surface area contributed by atoms with E-state index < -0.39 is 17.6 Å². The number of primary amides is 1. The van der Waals surface area contributed by atoms with Gasteiger partial charge in [0, 0.05) is 16.1 Å². The fraction of sp³-hybridized carbons (Fsp3) is 0.0526. The van der Waals surface area contributed by atoms with Crippen molar-refractivity contribution in [2.75, 3.05) is 5.32 Å². The first-order valence-corrected chi connectivity index (χ1v) is 8.57. The van der Waals surface area contributed by atoms with Crippen molar-refractivity contribution in [2.45, 2.75) is 6.61 Å². The Morgan fingerprint density at radius 3 is 2.69 bits per heavy atom. The summed E-state index contributed by atoms with van der Waals surface area (Å²) in [5.41, 5.74) is 5.48. The molecule has 0 saturated heterocycles. The summed E-state index contributed by atoms with van der Waals surface area (Å²) in [7, 11) is 0. The van der Waals surface area contributed by atoms with Crippen LogP contribution in [0.25, 0.3) is 0 Å². The minimum absolute atomic E-state index is 0.273. The predicted molar refractivity (Wildman–Crippen MR) is 98.0 cm³/mol. The minimum atomic E-state index is -0.900. The molecule has 2 amide bonds. The fourth-order valence-corrected chi connectivity index (χ4v) is 2.89. The van der Waals surface area contributed by atoms with Crippen molar-refractivity contribution in [1.29, 1.82) is 0 Å². The minimum Gasteiger partial charge on any atom is -0.488 e. The van der Waals surface area contributed by atoms with Gasteiger partial charge in [-0.25, -0.2) is 4.39 Å². The highest BCUT2D eigenvalue weighted by molar-refractivity contribution is 7.09. The Kier molecular flexibility index (Phi) is 5.28. The number of ether oxygens (including phenoxy) is 1. The Bertz CT molecular complexity index is 942. The lowest BCUT2D eigenvalue weighted by atomic mass is 10.1. The van der Waals surface area contributed by atoms with Gasteiger partial charge in [0.2, 0.25) is 0 Å². The Morgan fingerprint density at radius 1 is 1.12 bits per heavy atom. The van der Waals surface area contributed by atoms with Crippen LogP contribution in [0.5, 0.6) is 5.75 Å². The number of halogens is 1. The monoisotopic (exact) mass is 370 g/mol. The first kappa shape index (κ1) is 17.6. The number of nitrogens with two attached hydrogens (primary N) is 1. The molecule has 2 aromatic carbocycles. The summed E-state index contributed by atoms with van der Waals surface area (Å²) in [6.45, 7) is 0.419. The SMILES string of the molecule is NC(=O)c1cc(NC(=O)c2cccc(OCc3cccs3)c2)ccc1F. The van der Waals surface area contributed by atoms with Crippen LogP contribution in [-0.4, -0.2) is 11.8 Å². The molecule has 0 atom stereocenters. The van der Waals surface area contributed by atoms with Crippen LogP contribution < -0.4 is 15.8 Å². The molecule has 0 aliphatic carbocycles. The van der Waals surface area contributed by atoms with E-state index in [0.717, 1.165) is 10.9 Å². The van der Waals surface area contributed by atoms with Crippen molar-refractivity contribution in [3.8, 4) is 5.75 Å². The third kappa shape index (κ3) is 4.25. The number of thiophene rings is 1. The molecule has 7 heteroatoms. The Hall–Kier alpha value is -3.19. The van der Waals surface area contributed by atoms with Gasteiger partial charge < -0.3 is 15.8 Å². The number of hydrogen-bond donors (Lipinski definition) is 2. The van der Waals surface area contributed by atoms with E-state index in [1.165, 1.54) is 12.1 Å². The average Bonchev–Trinajstić information content (AvgIpc) is 3.15. The smallest absolute Gasteiger partial charge is 0.255 e. The van der Waals surface area contributed by atoms with Crippen molar-refractivity contribution < 1.29 is 18.7 Å². The summed E-state index contributed by atoms with van der Waals surface area (Å²) >= 11 is 1.59. The summed E-state index contributed by atoms with van der Waals surface area (Å²) in [5, 5.41) is 4.57. The topological polar surface area (TPSA) is 81.4 Å². The number of benzene rings is 2. The lowest BCUT2D eigenvalue weighted by Crippen LogP contribution is -2.16. The van der Waals surface area contributed by atoms with E-state index in [-0.39, 0.29) is 11.3 Å². The molecule has 5 nitrogen and oxygen atoms in total. The first-order chi connectivity index (χ1) is 12.5. The normalized spacial score (nSPS) is 10.3. The van der Waals surface area contributed by atoms with Gasteiger partial charge >= 0.3 is 0 Å². The third-order valence-corrected chi connectivity index (χ3v) is 4.40. The van der Waals surface area contributed by atoms with Crippen molar-refractivity contribution in [3.05, 3.63) is 81.8 Å². The summed E-state index contributed by atoms with van der Waals surface area (Å²) in [6.07, 6.45) is 0. The molecule has 3 N–H and O–H groups in total. The zero-order chi connectivity index (χ0) is 18.5.